The molecular formula is C23H22BrN3OS. The fraction of sp³-hybridized carbons (Fsp3) is 0.304. The molecule has 2 aliphatic rings. The minimum absolute atomic E-state index is 0.00435. The van der Waals surface area contributed by atoms with E-state index in [9.17, 15) is 0 Å². The standard InChI is InChI=1S/C23H22BrN3OS/c24-16-10-8-15(9-11-16)19-12-13-20(28-19)22-21(18-7-3-4-14-25-18)26-23(29)27(22)17-5-1-2-6-17/h3-4,7-14,17,21-22H,1-2,5-6H2,(H,26,29)/t21-,22-/m0/s1. The van der Waals surface area contributed by atoms with Gasteiger partial charge in [0.25, 0.3) is 0 Å². The van der Waals surface area contributed by atoms with Crippen LogP contribution < -0.4 is 5.32 Å². The normalized spacial score (nSPS) is 22.2. The molecule has 1 aliphatic heterocycles. The second kappa shape index (κ2) is 7.92. The summed E-state index contributed by atoms with van der Waals surface area (Å²) in [5.41, 5.74) is 2.05. The third kappa shape index (κ3) is 3.60. The predicted molar refractivity (Wildman–Crippen MR) is 121 cm³/mol. The van der Waals surface area contributed by atoms with Crippen LogP contribution in [0, 0.1) is 0 Å². The molecule has 1 saturated carbocycles. The Bertz CT molecular complexity index is 998. The van der Waals surface area contributed by atoms with Crippen LogP contribution in [0.25, 0.3) is 11.3 Å². The summed E-state index contributed by atoms with van der Waals surface area (Å²) < 4.78 is 7.46. The molecular weight excluding hydrogens is 446 g/mol. The van der Waals surface area contributed by atoms with Crippen molar-refractivity contribution >= 4 is 33.3 Å². The van der Waals surface area contributed by atoms with Crippen molar-refractivity contribution in [2.24, 2.45) is 0 Å². The SMILES string of the molecule is S=C1N[C@@H](c2ccccn2)[C@H](c2ccc(-c3ccc(Br)cc3)o2)N1C1CCCC1. The van der Waals surface area contributed by atoms with Crippen LogP contribution >= 0.6 is 28.1 Å². The average molecular weight is 468 g/mol. The van der Waals surface area contributed by atoms with Crippen LogP contribution in [0.5, 0.6) is 0 Å². The van der Waals surface area contributed by atoms with E-state index >= 15 is 0 Å². The van der Waals surface area contributed by atoms with Gasteiger partial charge in [0.05, 0.1) is 11.7 Å². The molecule has 5 rings (SSSR count). The molecule has 0 bridgehead atoms. The number of benzene rings is 1. The highest BCUT2D eigenvalue weighted by atomic mass is 79.9. The third-order valence-corrected chi connectivity index (χ3v) is 6.76. The molecule has 6 heteroatoms. The average Bonchev–Trinajstić information content (AvgIpc) is 3.48. The Hall–Kier alpha value is -2.18. The van der Waals surface area contributed by atoms with Crippen LogP contribution in [0.2, 0.25) is 0 Å². The monoisotopic (exact) mass is 467 g/mol. The van der Waals surface area contributed by atoms with Crippen LogP contribution in [-0.4, -0.2) is 21.0 Å². The van der Waals surface area contributed by atoms with Crippen molar-refractivity contribution in [1.29, 1.82) is 0 Å². The van der Waals surface area contributed by atoms with Crippen LogP contribution in [0.4, 0.5) is 0 Å². The Morgan fingerprint density at radius 3 is 2.55 bits per heavy atom. The fourth-order valence-electron chi connectivity index (χ4n) is 4.53. The van der Waals surface area contributed by atoms with Crippen molar-refractivity contribution in [3.05, 3.63) is 76.7 Å². The van der Waals surface area contributed by atoms with Gasteiger partial charge >= 0.3 is 0 Å². The molecule has 1 N–H and O–H groups in total. The number of nitrogens with zero attached hydrogens (tertiary/aromatic N) is 2. The minimum Gasteiger partial charge on any atom is -0.459 e. The first-order valence-corrected chi connectivity index (χ1v) is 11.3. The van der Waals surface area contributed by atoms with E-state index in [2.05, 4.69) is 61.5 Å². The molecule has 148 valence electrons. The number of pyridine rings is 1. The highest BCUT2D eigenvalue weighted by Gasteiger charge is 2.45. The lowest BCUT2D eigenvalue weighted by Crippen LogP contribution is -2.37. The number of halogens is 1. The number of aromatic nitrogens is 1. The Morgan fingerprint density at radius 2 is 1.83 bits per heavy atom. The van der Waals surface area contributed by atoms with Crippen molar-refractivity contribution in [3.8, 4) is 11.3 Å². The van der Waals surface area contributed by atoms with Crippen LogP contribution in [-0.2, 0) is 0 Å². The molecule has 4 nitrogen and oxygen atoms in total. The molecule has 1 saturated heterocycles. The fourth-order valence-corrected chi connectivity index (χ4v) is 5.18. The van der Waals surface area contributed by atoms with Crippen molar-refractivity contribution in [2.75, 3.05) is 0 Å². The maximum atomic E-state index is 6.40. The third-order valence-electron chi connectivity index (χ3n) is 5.90. The van der Waals surface area contributed by atoms with E-state index in [-0.39, 0.29) is 12.1 Å². The van der Waals surface area contributed by atoms with Crippen LogP contribution in [0.3, 0.4) is 0 Å². The molecule has 0 unspecified atom stereocenters. The molecule has 2 aromatic heterocycles. The van der Waals surface area contributed by atoms with Crippen LogP contribution in [0.1, 0.15) is 49.2 Å². The van der Waals surface area contributed by atoms with E-state index in [0.29, 0.717) is 6.04 Å². The maximum Gasteiger partial charge on any atom is 0.170 e. The highest BCUT2D eigenvalue weighted by molar-refractivity contribution is 9.10. The van der Waals surface area contributed by atoms with Gasteiger partial charge in [-0.05, 0) is 61.5 Å². The van der Waals surface area contributed by atoms with Gasteiger partial charge in [-0.25, -0.2) is 0 Å². The summed E-state index contributed by atoms with van der Waals surface area (Å²) >= 11 is 9.28. The number of thiocarbonyl (C=S) groups is 1. The zero-order valence-corrected chi connectivity index (χ0v) is 18.3. The number of hydrogen-bond acceptors (Lipinski definition) is 3. The number of nitrogens with one attached hydrogen (secondary N) is 1. The summed E-state index contributed by atoms with van der Waals surface area (Å²) in [6.07, 6.45) is 6.70. The summed E-state index contributed by atoms with van der Waals surface area (Å²) in [4.78, 5) is 6.98. The molecule has 3 aromatic rings. The lowest BCUT2D eigenvalue weighted by Gasteiger charge is -2.31. The quantitative estimate of drug-likeness (QED) is 0.475. The van der Waals surface area contributed by atoms with Crippen molar-refractivity contribution < 1.29 is 4.42 Å². The summed E-state index contributed by atoms with van der Waals surface area (Å²) in [5, 5.41) is 4.34. The Morgan fingerprint density at radius 1 is 1.03 bits per heavy atom. The first kappa shape index (κ1) is 18.8. The number of rotatable bonds is 4. The minimum atomic E-state index is -0.0202. The smallest absolute Gasteiger partial charge is 0.170 e. The second-order valence-electron chi connectivity index (χ2n) is 7.68. The van der Waals surface area contributed by atoms with Crippen molar-refractivity contribution in [2.45, 2.75) is 43.8 Å². The van der Waals surface area contributed by atoms with Gasteiger partial charge in [0.15, 0.2) is 5.11 Å². The lowest BCUT2D eigenvalue weighted by atomic mass is 10.0. The summed E-state index contributed by atoms with van der Waals surface area (Å²) in [6.45, 7) is 0. The molecule has 1 aromatic carbocycles. The van der Waals surface area contributed by atoms with Gasteiger partial charge in [-0.1, -0.05) is 47.0 Å². The van der Waals surface area contributed by atoms with Gasteiger partial charge in [-0.3, -0.25) is 4.98 Å². The maximum absolute atomic E-state index is 6.40. The molecule has 3 heterocycles. The van der Waals surface area contributed by atoms with Crippen LogP contribution in [0.15, 0.2) is 69.7 Å². The molecule has 29 heavy (non-hydrogen) atoms. The van der Waals surface area contributed by atoms with Gasteiger partial charge in [-0.2, -0.15) is 0 Å². The largest absolute Gasteiger partial charge is 0.459 e. The van der Waals surface area contributed by atoms with E-state index in [0.717, 1.165) is 32.4 Å². The summed E-state index contributed by atoms with van der Waals surface area (Å²) in [5.74, 6) is 1.80. The van der Waals surface area contributed by atoms with Crippen molar-refractivity contribution in [1.82, 2.24) is 15.2 Å². The summed E-state index contributed by atoms with van der Waals surface area (Å²) in [7, 11) is 0. The zero-order chi connectivity index (χ0) is 19.8. The molecule has 0 radical (unpaired) electrons. The summed E-state index contributed by atoms with van der Waals surface area (Å²) in [6, 6.07) is 18.8. The Kier molecular flexibility index (Phi) is 5.14. The topological polar surface area (TPSA) is 41.3 Å². The van der Waals surface area contributed by atoms with Crippen molar-refractivity contribution in [3.63, 3.8) is 0 Å². The lowest BCUT2D eigenvalue weighted by molar-refractivity contribution is 0.218. The molecule has 2 fully saturated rings. The van der Waals surface area contributed by atoms with E-state index < -0.39 is 0 Å². The van der Waals surface area contributed by atoms with Gasteiger partial charge in [0.2, 0.25) is 0 Å². The van der Waals surface area contributed by atoms with E-state index in [1.807, 2.05) is 30.5 Å². The second-order valence-corrected chi connectivity index (χ2v) is 8.98. The first-order chi connectivity index (χ1) is 14.2. The highest BCUT2D eigenvalue weighted by Crippen LogP contribution is 2.44. The van der Waals surface area contributed by atoms with E-state index in [1.165, 1.54) is 25.7 Å². The number of hydrogen-bond donors (Lipinski definition) is 1. The van der Waals surface area contributed by atoms with E-state index in [4.69, 9.17) is 16.6 Å². The predicted octanol–water partition coefficient (Wildman–Crippen LogP) is 6.02. The van der Waals surface area contributed by atoms with Gasteiger partial charge in [-0.15, -0.1) is 0 Å². The Balaban J connectivity index is 1.54. The number of furan rings is 1. The molecule has 0 spiro atoms. The first-order valence-electron chi connectivity index (χ1n) is 10.1. The van der Waals surface area contributed by atoms with E-state index in [1.54, 1.807) is 0 Å². The molecule has 1 aliphatic carbocycles. The Labute approximate surface area is 184 Å². The zero-order valence-electron chi connectivity index (χ0n) is 15.9. The molecule has 2 atom stereocenters. The van der Waals surface area contributed by atoms with Gasteiger partial charge < -0.3 is 14.6 Å². The van der Waals surface area contributed by atoms with Gasteiger partial charge in [0.1, 0.15) is 17.6 Å². The van der Waals surface area contributed by atoms with Gasteiger partial charge in [0, 0.05) is 22.3 Å². The molecule has 0 amide bonds.